The third-order valence-corrected chi connectivity index (χ3v) is 4.92. The van der Waals surface area contributed by atoms with Gasteiger partial charge < -0.3 is 0 Å². The number of rotatable bonds is 11. The van der Waals surface area contributed by atoms with E-state index in [-0.39, 0.29) is 0 Å². The molecule has 1 fully saturated rings. The molecule has 0 aliphatic carbocycles. The van der Waals surface area contributed by atoms with Crippen molar-refractivity contribution in [2.75, 3.05) is 26.3 Å². The van der Waals surface area contributed by atoms with Gasteiger partial charge in [-0.1, -0.05) is 59.8 Å². The highest BCUT2D eigenvalue weighted by Gasteiger charge is 2.33. The van der Waals surface area contributed by atoms with Crippen LogP contribution in [0.5, 0.6) is 0 Å². The molecule has 0 aromatic rings. The second-order valence-electron chi connectivity index (χ2n) is 6.62. The fourth-order valence-corrected chi connectivity index (χ4v) is 3.52. The second kappa shape index (κ2) is 10.6. The topological polar surface area (TPSA) is 6.48 Å². The molecule has 20 heavy (non-hydrogen) atoms. The Morgan fingerprint density at radius 1 is 0.900 bits per heavy atom. The van der Waals surface area contributed by atoms with Crippen molar-refractivity contribution >= 4 is 0 Å². The standard InChI is InChI=1S/C18H38N2/c1-5-9-12-17(8-4)18-15-19(13-10-6-2)16-20(18)14-11-7-3/h17-18H,5-16H2,1-4H3. The molecule has 0 saturated carbocycles. The second-order valence-corrected chi connectivity index (χ2v) is 6.62. The van der Waals surface area contributed by atoms with Gasteiger partial charge in [0.1, 0.15) is 0 Å². The van der Waals surface area contributed by atoms with E-state index in [9.17, 15) is 0 Å². The number of nitrogens with zero attached hydrogens (tertiary/aromatic N) is 2. The lowest BCUT2D eigenvalue weighted by atomic mass is 9.90. The van der Waals surface area contributed by atoms with Gasteiger partial charge in [-0.25, -0.2) is 0 Å². The van der Waals surface area contributed by atoms with E-state index in [1.807, 2.05) is 0 Å². The van der Waals surface area contributed by atoms with Crippen LogP contribution in [0.1, 0.15) is 79.1 Å². The summed E-state index contributed by atoms with van der Waals surface area (Å²) in [7, 11) is 0. The molecule has 1 rings (SSSR count). The molecule has 0 spiro atoms. The highest BCUT2D eigenvalue weighted by atomic mass is 15.4. The van der Waals surface area contributed by atoms with Crippen molar-refractivity contribution in [1.29, 1.82) is 0 Å². The van der Waals surface area contributed by atoms with Crippen LogP contribution in [-0.2, 0) is 0 Å². The van der Waals surface area contributed by atoms with Gasteiger partial charge in [0.05, 0.1) is 6.67 Å². The first-order chi connectivity index (χ1) is 9.76. The summed E-state index contributed by atoms with van der Waals surface area (Å²) in [5.41, 5.74) is 0. The number of hydrogen-bond acceptors (Lipinski definition) is 2. The summed E-state index contributed by atoms with van der Waals surface area (Å²) in [6.45, 7) is 14.5. The van der Waals surface area contributed by atoms with Crippen molar-refractivity contribution < 1.29 is 0 Å². The van der Waals surface area contributed by atoms with E-state index in [1.54, 1.807) is 0 Å². The molecular weight excluding hydrogens is 244 g/mol. The van der Waals surface area contributed by atoms with E-state index in [0.717, 1.165) is 12.0 Å². The first-order valence-electron chi connectivity index (χ1n) is 9.23. The Hall–Kier alpha value is -0.0800. The van der Waals surface area contributed by atoms with Crippen molar-refractivity contribution in [3.63, 3.8) is 0 Å². The number of hydrogen-bond donors (Lipinski definition) is 0. The van der Waals surface area contributed by atoms with E-state index in [4.69, 9.17) is 0 Å². The van der Waals surface area contributed by atoms with E-state index in [2.05, 4.69) is 37.5 Å². The highest BCUT2D eigenvalue weighted by molar-refractivity contribution is 4.87. The van der Waals surface area contributed by atoms with Gasteiger partial charge in [-0.3, -0.25) is 9.80 Å². The minimum absolute atomic E-state index is 0.829. The molecule has 2 nitrogen and oxygen atoms in total. The first kappa shape index (κ1) is 18.0. The van der Waals surface area contributed by atoms with Crippen molar-refractivity contribution in [2.45, 2.75) is 85.1 Å². The van der Waals surface area contributed by atoms with E-state index in [0.29, 0.717) is 0 Å². The molecule has 2 atom stereocenters. The van der Waals surface area contributed by atoms with Gasteiger partial charge in [0.25, 0.3) is 0 Å². The Balaban J connectivity index is 2.56. The molecule has 0 amide bonds. The fourth-order valence-electron chi connectivity index (χ4n) is 3.52. The zero-order chi connectivity index (χ0) is 14.8. The fraction of sp³-hybridized carbons (Fsp3) is 1.00. The molecule has 1 aliphatic rings. The van der Waals surface area contributed by atoms with Crippen LogP contribution >= 0.6 is 0 Å². The molecule has 1 aliphatic heterocycles. The largest absolute Gasteiger partial charge is 0.289 e. The molecule has 1 saturated heterocycles. The summed E-state index contributed by atoms with van der Waals surface area (Å²) < 4.78 is 0. The zero-order valence-electron chi connectivity index (χ0n) is 14.5. The summed E-state index contributed by atoms with van der Waals surface area (Å²) in [4.78, 5) is 5.50. The molecule has 2 heteroatoms. The van der Waals surface area contributed by atoms with Crippen molar-refractivity contribution in [3.05, 3.63) is 0 Å². The molecule has 2 unspecified atom stereocenters. The van der Waals surface area contributed by atoms with Crippen molar-refractivity contribution in [2.24, 2.45) is 5.92 Å². The van der Waals surface area contributed by atoms with Crippen LogP contribution in [0.25, 0.3) is 0 Å². The quantitative estimate of drug-likeness (QED) is 0.540. The summed E-state index contributed by atoms with van der Waals surface area (Å²) >= 11 is 0. The van der Waals surface area contributed by atoms with Gasteiger partial charge in [-0.2, -0.15) is 0 Å². The van der Waals surface area contributed by atoms with E-state index >= 15 is 0 Å². The maximum Gasteiger partial charge on any atom is 0.0510 e. The van der Waals surface area contributed by atoms with Crippen molar-refractivity contribution in [1.82, 2.24) is 9.80 Å². The number of unbranched alkanes of at least 4 members (excludes halogenated alkanes) is 3. The minimum atomic E-state index is 0.829. The van der Waals surface area contributed by atoms with Gasteiger partial charge in [-0.05, 0) is 38.3 Å². The van der Waals surface area contributed by atoms with E-state index < -0.39 is 0 Å². The third kappa shape index (κ3) is 5.73. The Morgan fingerprint density at radius 2 is 1.55 bits per heavy atom. The van der Waals surface area contributed by atoms with Gasteiger partial charge in [0.2, 0.25) is 0 Å². The molecule has 0 aromatic heterocycles. The Labute approximate surface area is 127 Å². The monoisotopic (exact) mass is 282 g/mol. The highest BCUT2D eigenvalue weighted by Crippen LogP contribution is 2.27. The smallest absolute Gasteiger partial charge is 0.0510 e. The average molecular weight is 283 g/mol. The molecular formula is C18H38N2. The van der Waals surface area contributed by atoms with Crippen LogP contribution < -0.4 is 0 Å². The third-order valence-electron chi connectivity index (χ3n) is 4.92. The summed E-state index contributed by atoms with van der Waals surface area (Å²) in [6.07, 6.45) is 10.9. The van der Waals surface area contributed by atoms with Gasteiger partial charge in [-0.15, -0.1) is 0 Å². The lowest BCUT2D eigenvalue weighted by Crippen LogP contribution is -2.37. The van der Waals surface area contributed by atoms with Crippen LogP contribution in [0, 0.1) is 5.92 Å². The predicted molar refractivity (Wildman–Crippen MR) is 90.1 cm³/mol. The maximum atomic E-state index is 2.79. The molecule has 0 N–H and O–H groups in total. The van der Waals surface area contributed by atoms with Crippen LogP contribution in [0.4, 0.5) is 0 Å². The summed E-state index contributed by atoms with van der Waals surface area (Å²) in [5.74, 6) is 0.915. The average Bonchev–Trinajstić information content (AvgIpc) is 2.87. The molecule has 1 heterocycles. The lowest BCUT2D eigenvalue weighted by molar-refractivity contribution is 0.172. The van der Waals surface area contributed by atoms with Crippen LogP contribution in [-0.4, -0.2) is 42.1 Å². The normalized spacial score (nSPS) is 22.5. The van der Waals surface area contributed by atoms with Gasteiger partial charge in [0.15, 0.2) is 0 Å². The first-order valence-corrected chi connectivity index (χ1v) is 9.23. The lowest BCUT2D eigenvalue weighted by Gasteiger charge is -2.30. The van der Waals surface area contributed by atoms with Crippen LogP contribution in [0.2, 0.25) is 0 Å². The summed E-state index contributed by atoms with van der Waals surface area (Å²) in [5, 5.41) is 0. The zero-order valence-corrected chi connectivity index (χ0v) is 14.5. The van der Waals surface area contributed by atoms with Gasteiger partial charge in [0, 0.05) is 12.6 Å². The molecule has 120 valence electrons. The Morgan fingerprint density at radius 3 is 2.15 bits per heavy atom. The molecule has 0 radical (unpaired) electrons. The predicted octanol–water partition coefficient (Wildman–Crippen LogP) is 4.75. The molecule has 0 aromatic carbocycles. The van der Waals surface area contributed by atoms with Crippen LogP contribution in [0.15, 0.2) is 0 Å². The van der Waals surface area contributed by atoms with Crippen LogP contribution in [0.3, 0.4) is 0 Å². The van der Waals surface area contributed by atoms with Crippen molar-refractivity contribution in [3.8, 4) is 0 Å². The van der Waals surface area contributed by atoms with Gasteiger partial charge >= 0.3 is 0 Å². The summed E-state index contributed by atoms with van der Waals surface area (Å²) in [6, 6.07) is 0.829. The molecule has 0 bridgehead atoms. The minimum Gasteiger partial charge on any atom is -0.289 e. The van der Waals surface area contributed by atoms with E-state index in [1.165, 1.54) is 77.7 Å². The Kier molecular flexibility index (Phi) is 9.54. The Bertz CT molecular complexity index is 229. The SMILES string of the molecule is CCCCC(CC)C1CN(CCCC)CN1CCCC. The maximum absolute atomic E-state index is 2.79.